The summed E-state index contributed by atoms with van der Waals surface area (Å²) in [5.41, 5.74) is 0.0385. The molecule has 0 fully saturated rings. The van der Waals surface area contributed by atoms with Crippen LogP contribution in [0.15, 0.2) is 52.4 Å². The van der Waals surface area contributed by atoms with E-state index in [1.807, 2.05) is 0 Å². The molecule has 0 saturated heterocycles. The number of aromatic nitrogens is 2. The predicted octanol–water partition coefficient (Wildman–Crippen LogP) is 2.56. The Kier molecular flexibility index (Phi) is 3.92. The van der Waals surface area contributed by atoms with Crippen molar-refractivity contribution in [3.63, 3.8) is 0 Å². The van der Waals surface area contributed by atoms with Gasteiger partial charge in [-0.3, -0.25) is 14.9 Å². The molecule has 1 heterocycles. The SMILES string of the molecule is O=c1c2ccccc2[nH]c(=S)n1/N=C/c1cc([N+](=O)[O-])ccc1O. The van der Waals surface area contributed by atoms with Gasteiger partial charge in [-0.2, -0.15) is 9.78 Å². The molecule has 0 amide bonds. The van der Waals surface area contributed by atoms with Crippen LogP contribution in [-0.2, 0) is 0 Å². The third kappa shape index (κ3) is 2.79. The number of hydrogen-bond acceptors (Lipinski definition) is 6. The molecule has 0 aliphatic carbocycles. The molecule has 8 nitrogen and oxygen atoms in total. The highest BCUT2D eigenvalue weighted by Gasteiger charge is 2.09. The Bertz CT molecular complexity index is 1100. The van der Waals surface area contributed by atoms with Crippen molar-refractivity contribution in [1.82, 2.24) is 9.66 Å². The average Bonchev–Trinajstić information content (AvgIpc) is 2.56. The zero-order chi connectivity index (χ0) is 17.3. The van der Waals surface area contributed by atoms with Crippen LogP contribution in [0.2, 0.25) is 0 Å². The number of phenolic OH excluding ortho intramolecular Hbond substituents is 1. The maximum Gasteiger partial charge on any atom is 0.282 e. The summed E-state index contributed by atoms with van der Waals surface area (Å²) in [6, 6.07) is 10.3. The van der Waals surface area contributed by atoms with E-state index in [1.54, 1.807) is 24.3 Å². The fraction of sp³-hybridized carbons (Fsp3) is 0. The van der Waals surface area contributed by atoms with E-state index in [9.17, 15) is 20.0 Å². The summed E-state index contributed by atoms with van der Waals surface area (Å²) in [5.74, 6) is -0.201. The van der Waals surface area contributed by atoms with Gasteiger partial charge in [0.25, 0.3) is 11.2 Å². The van der Waals surface area contributed by atoms with Crippen LogP contribution < -0.4 is 5.56 Å². The lowest BCUT2D eigenvalue weighted by atomic mass is 10.2. The molecular weight excluding hydrogens is 332 g/mol. The molecule has 0 aliphatic rings. The predicted molar refractivity (Wildman–Crippen MR) is 91.1 cm³/mol. The number of para-hydroxylation sites is 1. The van der Waals surface area contributed by atoms with Crippen molar-refractivity contribution in [3.8, 4) is 5.75 Å². The Balaban J connectivity index is 2.12. The van der Waals surface area contributed by atoms with Gasteiger partial charge in [0.1, 0.15) is 5.75 Å². The molecule has 0 unspecified atom stereocenters. The summed E-state index contributed by atoms with van der Waals surface area (Å²) >= 11 is 5.11. The van der Waals surface area contributed by atoms with Crippen LogP contribution in [0.5, 0.6) is 5.75 Å². The van der Waals surface area contributed by atoms with Crippen molar-refractivity contribution in [2.24, 2.45) is 5.10 Å². The van der Waals surface area contributed by atoms with Crippen molar-refractivity contribution < 1.29 is 10.0 Å². The molecule has 2 N–H and O–H groups in total. The van der Waals surface area contributed by atoms with E-state index in [-0.39, 0.29) is 21.8 Å². The van der Waals surface area contributed by atoms with Crippen LogP contribution in [0.1, 0.15) is 5.56 Å². The molecule has 0 bridgehead atoms. The number of fused-ring (bicyclic) bond motifs is 1. The highest BCUT2D eigenvalue weighted by molar-refractivity contribution is 7.71. The van der Waals surface area contributed by atoms with Gasteiger partial charge in [-0.1, -0.05) is 12.1 Å². The van der Waals surface area contributed by atoms with Gasteiger partial charge in [-0.15, -0.1) is 0 Å². The molecule has 0 radical (unpaired) electrons. The minimum absolute atomic E-state index is 0.0693. The monoisotopic (exact) mass is 342 g/mol. The molecule has 120 valence electrons. The van der Waals surface area contributed by atoms with Crippen molar-refractivity contribution in [3.05, 3.63) is 73.3 Å². The maximum atomic E-state index is 12.4. The standard InChI is InChI=1S/C15H10N4O4S/c20-13-6-5-10(19(22)23)7-9(13)8-16-18-14(21)11-3-1-2-4-12(11)17-15(18)24/h1-8,20H,(H,17,24)/b16-8+. The largest absolute Gasteiger partial charge is 0.507 e. The van der Waals surface area contributed by atoms with Gasteiger partial charge in [0.15, 0.2) is 0 Å². The molecular formula is C15H10N4O4S. The summed E-state index contributed by atoms with van der Waals surface area (Å²) < 4.78 is 1.02. The van der Waals surface area contributed by atoms with Crippen molar-refractivity contribution in [1.29, 1.82) is 0 Å². The van der Waals surface area contributed by atoms with Gasteiger partial charge in [-0.05, 0) is 30.4 Å². The Morgan fingerprint density at radius 3 is 2.79 bits per heavy atom. The lowest BCUT2D eigenvalue weighted by Gasteiger charge is -2.03. The number of nitrogens with one attached hydrogen (secondary N) is 1. The number of rotatable bonds is 3. The number of H-pyrrole nitrogens is 1. The topological polar surface area (TPSA) is 114 Å². The van der Waals surface area contributed by atoms with Crippen LogP contribution in [0.4, 0.5) is 5.69 Å². The first kappa shape index (κ1) is 15.6. The number of nitrogens with zero attached hydrogens (tertiary/aromatic N) is 3. The highest BCUT2D eigenvalue weighted by atomic mass is 32.1. The van der Waals surface area contributed by atoms with Crippen molar-refractivity contribution >= 4 is 35.0 Å². The smallest absolute Gasteiger partial charge is 0.282 e. The third-order valence-corrected chi connectivity index (χ3v) is 3.59. The summed E-state index contributed by atoms with van der Waals surface area (Å²) in [7, 11) is 0. The van der Waals surface area contributed by atoms with E-state index in [4.69, 9.17) is 12.2 Å². The Labute approximate surface area is 139 Å². The summed E-state index contributed by atoms with van der Waals surface area (Å²) in [4.78, 5) is 25.5. The van der Waals surface area contributed by atoms with Crippen LogP contribution in [0, 0.1) is 14.9 Å². The first-order chi connectivity index (χ1) is 11.5. The van der Waals surface area contributed by atoms with Gasteiger partial charge < -0.3 is 10.1 Å². The van der Waals surface area contributed by atoms with Gasteiger partial charge in [-0.25, -0.2) is 0 Å². The van der Waals surface area contributed by atoms with Crippen LogP contribution in [0.25, 0.3) is 10.9 Å². The Morgan fingerprint density at radius 2 is 2.04 bits per heavy atom. The highest BCUT2D eigenvalue weighted by Crippen LogP contribution is 2.21. The fourth-order valence-electron chi connectivity index (χ4n) is 2.14. The molecule has 2 aromatic carbocycles. The summed E-state index contributed by atoms with van der Waals surface area (Å²) in [6.07, 6.45) is 1.14. The second kappa shape index (κ2) is 6.05. The molecule has 3 rings (SSSR count). The number of nitro groups is 1. The third-order valence-electron chi connectivity index (χ3n) is 3.32. The molecule has 24 heavy (non-hydrogen) atoms. The van der Waals surface area contributed by atoms with Crippen LogP contribution >= 0.6 is 12.2 Å². The zero-order valence-electron chi connectivity index (χ0n) is 12.0. The van der Waals surface area contributed by atoms with E-state index in [1.165, 1.54) is 12.1 Å². The lowest BCUT2D eigenvalue weighted by molar-refractivity contribution is -0.384. The number of hydrogen-bond donors (Lipinski definition) is 2. The van der Waals surface area contributed by atoms with Crippen LogP contribution in [-0.4, -0.2) is 25.9 Å². The molecule has 0 saturated carbocycles. The molecule has 0 spiro atoms. The quantitative estimate of drug-likeness (QED) is 0.329. The number of non-ortho nitro benzene ring substituents is 1. The van der Waals surface area contributed by atoms with Gasteiger partial charge in [0, 0.05) is 17.7 Å². The van der Waals surface area contributed by atoms with Crippen LogP contribution in [0.3, 0.4) is 0 Å². The van der Waals surface area contributed by atoms with Crippen molar-refractivity contribution in [2.75, 3.05) is 0 Å². The minimum Gasteiger partial charge on any atom is -0.507 e. The Morgan fingerprint density at radius 1 is 1.29 bits per heavy atom. The molecule has 1 aromatic heterocycles. The van der Waals surface area contributed by atoms with Gasteiger partial charge in [0.05, 0.1) is 22.0 Å². The van der Waals surface area contributed by atoms with E-state index >= 15 is 0 Å². The minimum atomic E-state index is -0.592. The summed E-state index contributed by atoms with van der Waals surface area (Å²) in [6.45, 7) is 0. The number of aromatic amines is 1. The molecule has 9 heteroatoms. The maximum absolute atomic E-state index is 12.4. The number of aromatic hydroxyl groups is 1. The van der Waals surface area contributed by atoms with Gasteiger partial charge >= 0.3 is 0 Å². The molecule has 0 atom stereocenters. The fourth-order valence-corrected chi connectivity index (χ4v) is 2.38. The zero-order valence-corrected chi connectivity index (χ0v) is 12.9. The first-order valence-electron chi connectivity index (χ1n) is 6.73. The summed E-state index contributed by atoms with van der Waals surface area (Å²) in [5, 5.41) is 24.9. The number of nitro benzene ring substituents is 1. The first-order valence-corrected chi connectivity index (χ1v) is 7.14. The average molecular weight is 342 g/mol. The molecule has 3 aromatic rings. The number of phenols is 1. The van der Waals surface area contributed by atoms with E-state index in [0.717, 1.165) is 17.0 Å². The lowest BCUT2D eigenvalue weighted by Crippen LogP contribution is -2.18. The van der Waals surface area contributed by atoms with E-state index < -0.39 is 10.5 Å². The second-order valence-electron chi connectivity index (χ2n) is 4.84. The van der Waals surface area contributed by atoms with Gasteiger partial charge in [0.2, 0.25) is 4.77 Å². The van der Waals surface area contributed by atoms with E-state index in [0.29, 0.717) is 10.9 Å². The van der Waals surface area contributed by atoms with Crippen molar-refractivity contribution in [2.45, 2.75) is 0 Å². The normalized spacial score (nSPS) is 11.2. The Hall–Kier alpha value is -3.33. The molecule has 0 aliphatic heterocycles. The van der Waals surface area contributed by atoms with E-state index in [2.05, 4.69) is 10.1 Å². The second-order valence-corrected chi connectivity index (χ2v) is 5.22. The number of benzene rings is 2.